The summed E-state index contributed by atoms with van der Waals surface area (Å²) in [4.78, 5) is 30.5. The topological polar surface area (TPSA) is 89.4 Å². The molecule has 3 N–H and O–H groups in total. The molecule has 3 aliphatic heterocycles. The molecule has 4 aliphatic rings. The molecule has 7 nitrogen and oxygen atoms in total. The fourth-order valence-corrected chi connectivity index (χ4v) is 2.53. The first-order chi connectivity index (χ1) is 11.2. The van der Waals surface area contributed by atoms with E-state index in [0.29, 0.717) is 23.6 Å². The van der Waals surface area contributed by atoms with Crippen LogP contribution in [-0.4, -0.2) is 83.8 Å². The smallest absolute Gasteiger partial charge is 0.227 e. The lowest BCUT2D eigenvalue weighted by Gasteiger charge is -2.21. The van der Waals surface area contributed by atoms with Gasteiger partial charge in [-0.3, -0.25) is 9.59 Å². The maximum absolute atomic E-state index is 12.4. The highest BCUT2D eigenvalue weighted by molar-refractivity contribution is 6.22. The van der Waals surface area contributed by atoms with Crippen LogP contribution in [0.15, 0.2) is 23.2 Å². The number of hydrogen-bond acceptors (Lipinski definition) is 7. The molecule has 0 saturated carbocycles. The highest BCUT2D eigenvalue weighted by Gasteiger charge is 2.43. The van der Waals surface area contributed by atoms with E-state index < -0.39 is 0 Å². The number of hydrogen-bond donors (Lipinski definition) is 2. The Morgan fingerprint density at radius 3 is 1.91 bits per heavy atom. The third kappa shape index (κ3) is 3.73. The number of carbonyl (C=O) groups is 2. The number of nitrogens with zero attached hydrogens (tertiary/aromatic N) is 3. The van der Waals surface area contributed by atoms with Crippen molar-refractivity contribution in [3.8, 4) is 0 Å². The van der Waals surface area contributed by atoms with Crippen molar-refractivity contribution < 1.29 is 14.7 Å². The van der Waals surface area contributed by atoms with E-state index in [0.717, 1.165) is 52.1 Å². The summed E-state index contributed by atoms with van der Waals surface area (Å²) in [6.07, 6.45) is 3.31. The summed E-state index contributed by atoms with van der Waals surface area (Å²) in [6, 6.07) is 0. The summed E-state index contributed by atoms with van der Waals surface area (Å²) in [5, 5.41) is 8.14. The van der Waals surface area contributed by atoms with Gasteiger partial charge in [-0.2, -0.15) is 0 Å². The van der Waals surface area contributed by atoms with Gasteiger partial charge in [0.15, 0.2) is 0 Å². The lowest BCUT2D eigenvalue weighted by atomic mass is 10.0. The SMILES string of the molecule is NCCCCO.O=C1C=C(N2CC2)C(=O)C(N2CC2)=C1N1CC1. The molecule has 0 amide bonds. The lowest BCUT2D eigenvalue weighted by Crippen LogP contribution is -2.29. The van der Waals surface area contributed by atoms with Crippen molar-refractivity contribution in [2.75, 3.05) is 52.4 Å². The van der Waals surface area contributed by atoms with Crippen LogP contribution in [0.1, 0.15) is 12.8 Å². The van der Waals surface area contributed by atoms with Crippen molar-refractivity contribution in [3.05, 3.63) is 23.2 Å². The predicted molar refractivity (Wildman–Crippen MR) is 85.2 cm³/mol. The van der Waals surface area contributed by atoms with Crippen LogP contribution >= 0.6 is 0 Å². The molecule has 23 heavy (non-hydrogen) atoms. The summed E-state index contributed by atoms with van der Waals surface area (Å²) >= 11 is 0. The lowest BCUT2D eigenvalue weighted by molar-refractivity contribution is -0.117. The van der Waals surface area contributed by atoms with Gasteiger partial charge in [0.25, 0.3) is 0 Å². The van der Waals surface area contributed by atoms with Gasteiger partial charge in [-0.1, -0.05) is 0 Å². The molecule has 3 heterocycles. The summed E-state index contributed by atoms with van der Waals surface area (Å²) in [5.74, 6) is 0.0485. The molecular formula is C16H24N4O3. The Morgan fingerprint density at radius 2 is 1.48 bits per heavy atom. The van der Waals surface area contributed by atoms with Gasteiger partial charge in [0.2, 0.25) is 11.6 Å². The monoisotopic (exact) mass is 320 g/mol. The maximum atomic E-state index is 12.4. The zero-order chi connectivity index (χ0) is 16.4. The van der Waals surface area contributed by atoms with Crippen LogP contribution in [0.5, 0.6) is 0 Å². The van der Waals surface area contributed by atoms with Gasteiger partial charge in [0, 0.05) is 52.0 Å². The first-order valence-electron chi connectivity index (χ1n) is 8.28. The van der Waals surface area contributed by atoms with Crippen LogP contribution < -0.4 is 5.73 Å². The summed E-state index contributed by atoms with van der Waals surface area (Å²) < 4.78 is 0. The van der Waals surface area contributed by atoms with Crippen molar-refractivity contribution in [2.45, 2.75) is 12.8 Å². The van der Waals surface area contributed by atoms with Crippen LogP contribution in [-0.2, 0) is 9.59 Å². The Hall–Kier alpha value is -1.86. The number of carbonyl (C=O) groups excluding carboxylic acids is 2. The molecule has 0 bridgehead atoms. The molecule has 0 aromatic rings. The van der Waals surface area contributed by atoms with Gasteiger partial charge >= 0.3 is 0 Å². The molecular weight excluding hydrogens is 296 g/mol. The zero-order valence-electron chi connectivity index (χ0n) is 13.3. The molecule has 0 atom stereocenters. The second-order valence-electron chi connectivity index (χ2n) is 6.10. The number of aliphatic hydroxyl groups is 1. The van der Waals surface area contributed by atoms with Crippen LogP contribution in [0, 0.1) is 0 Å². The minimum atomic E-state index is 0.00546. The number of allylic oxidation sites excluding steroid dienone is 1. The molecule has 0 aromatic heterocycles. The van der Waals surface area contributed by atoms with Crippen molar-refractivity contribution in [2.24, 2.45) is 5.73 Å². The Labute approximate surface area is 136 Å². The van der Waals surface area contributed by atoms with E-state index in [9.17, 15) is 9.59 Å². The molecule has 3 saturated heterocycles. The van der Waals surface area contributed by atoms with Crippen LogP contribution in [0.25, 0.3) is 0 Å². The van der Waals surface area contributed by atoms with Gasteiger partial charge in [-0.25, -0.2) is 0 Å². The van der Waals surface area contributed by atoms with Gasteiger partial charge in [-0.05, 0) is 19.4 Å². The van der Waals surface area contributed by atoms with Crippen molar-refractivity contribution in [1.82, 2.24) is 14.7 Å². The first kappa shape index (κ1) is 16.0. The fourth-order valence-electron chi connectivity index (χ4n) is 2.53. The van der Waals surface area contributed by atoms with E-state index in [-0.39, 0.29) is 18.2 Å². The van der Waals surface area contributed by atoms with Crippen molar-refractivity contribution >= 4 is 11.6 Å². The standard InChI is InChI=1S/C12H13N3O2.C4H11NO/c16-9-7-8(13-1-2-13)12(17)11(15-5-6-15)10(9)14-3-4-14;5-3-1-2-4-6/h7H,1-6H2;6H,1-5H2. The molecule has 0 aromatic carbocycles. The molecule has 1 aliphatic carbocycles. The van der Waals surface area contributed by atoms with Crippen LogP contribution in [0.4, 0.5) is 0 Å². The molecule has 0 spiro atoms. The second kappa shape index (κ2) is 6.72. The normalized spacial score (nSPS) is 22.0. The van der Waals surface area contributed by atoms with E-state index in [1.165, 1.54) is 6.08 Å². The summed E-state index contributed by atoms with van der Waals surface area (Å²) in [5.41, 5.74) is 6.99. The third-order valence-corrected chi connectivity index (χ3v) is 4.10. The Morgan fingerprint density at radius 1 is 0.913 bits per heavy atom. The predicted octanol–water partition coefficient (Wildman–Crippen LogP) is -1.10. The van der Waals surface area contributed by atoms with Gasteiger partial charge < -0.3 is 25.5 Å². The minimum Gasteiger partial charge on any atom is -0.396 e. The Kier molecular flexibility index (Phi) is 4.68. The number of Topliss-reactive ketones (excluding diaryl/α,β-unsaturated/α-hetero) is 1. The quantitative estimate of drug-likeness (QED) is 0.365. The average Bonchev–Trinajstić information content (AvgIpc) is 3.41. The molecule has 0 radical (unpaired) electrons. The summed E-state index contributed by atoms with van der Waals surface area (Å²) in [6.45, 7) is 6.38. The van der Waals surface area contributed by atoms with Crippen LogP contribution in [0.2, 0.25) is 0 Å². The first-order valence-corrected chi connectivity index (χ1v) is 8.28. The van der Waals surface area contributed by atoms with E-state index in [2.05, 4.69) is 0 Å². The molecule has 126 valence electrons. The summed E-state index contributed by atoms with van der Waals surface area (Å²) in [7, 11) is 0. The zero-order valence-corrected chi connectivity index (χ0v) is 13.3. The molecule has 7 heteroatoms. The Balaban J connectivity index is 0.000000227. The minimum absolute atomic E-state index is 0.00546. The highest BCUT2D eigenvalue weighted by Crippen LogP contribution is 2.33. The van der Waals surface area contributed by atoms with E-state index >= 15 is 0 Å². The number of unbranched alkanes of at least 4 members (excludes halogenated alkanes) is 1. The number of nitrogens with two attached hydrogens (primary N) is 1. The number of ketones is 2. The number of aliphatic hydroxyl groups excluding tert-OH is 1. The highest BCUT2D eigenvalue weighted by atomic mass is 16.3. The van der Waals surface area contributed by atoms with E-state index in [1.807, 2.05) is 14.7 Å². The van der Waals surface area contributed by atoms with Gasteiger partial charge in [0.05, 0.1) is 5.70 Å². The van der Waals surface area contributed by atoms with E-state index in [4.69, 9.17) is 10.8 Å². The molecule has 4 rings (SSSR count). The van der Waals surface area contributed by atoms with E-state index in [1.54, 1.807) is 0 Å². The Bertz CT molecular complexity index is 554. The van der Waals surface area contributed by atoms with Crippen molar-refractivity contribution in [3.63, 3.8) is 0 Å². The van der Waals surface area contributed by atoms with Gasteiger partial charge in [-0.15, -0.1) is 0 Å². The van der Waals surface area contributed by atoms with Gasteiger partial charge in [0.1, 0.15) is 11.4 Å². The average molecular weight is 320 g/mol. The molecule has 0 unspecified atom stereocenters. The maximum Gasteiger partial charge on any atom is 0.227 e. The van der Waals surface area contributed by atoms with Crippen LogP contribution in [0.3, 0.4) is 0 Å². The van der Waals surface area contributed by atoms with Crippen molar-refractivity contribution in [1.29, 1.82) is 0 Å². The number of rotatable bonds is 6. The third-order valence-electron chi connectivity index (χ3n) is 4.10. The fraction of sp³-hybridized carbons (Fsp3) is 0.625. The molecule has 3 fully saturated rings. The second-order valence-corrected chi connectivity index (χ2v) is 6.10. The largest absolute Gasteiger partial charge is 0.396 e.